The fraction of sp³-hybridized carbons (Fsp3) is 0. The summed E-state index contributed by atoms with van der Waals surface area (Å²) in [6.45, 7) is -0.0600. The molecule has 0 fully saturated rings. The summed E-state index contributed by atoms with van der Waals surface area (Å²) in [5, 5.41) is 0. The van der Waals surface area contributed by atoms with E-state index in [-0.39, 0.29) is 13.6 Å². The van der Waals surface area contributed by atoms with Gasteiger partial charge in [0, 0.05) is 51.1 Å². The van der Waals surface area contributed by atoms with Crippen LogP contribution in [0.1, 0.15) is 0 Å². The Labute approximate surface area is 345 Å². The van der Waals surface area contributed by atoms with Crippen molar-refractivity contribution in [2.24, 2.45) is 0 Å². The lowest BCUT2D eigenvalue weighted by molar-refractivity contribution is 1.25. The highest BCUT2D eigenvalue weighted by molar-refractivity contribution is 7.02. The lowest BCUT2D eigenvalue weighted by Crippen LogP contribution is -2.68. The first-order valence-electron chi connectivity index (χ1n) is 20.6. The molecule has 0 N–H and O–H groups in total. The Hall–Kier alpha value is -7.49. The maximum Gasteiger partial charge on any atom is 0.333 e. The summed E-state index contributed by atoms with van der Waals surface area (Å²) in [7, 11) is 0. The van der Waals surface area contributed by atoms with Crippen molar-refractivity contribution < 1.29 is 0 Å². The molecule has 0 saturated carbocycles. The highest BCUT2D eigenvalue weighted by Crippen LogP contribution is 2.51. The minimum Gasteiger partial charge on any atom is -0.376 e. The number of nitrogens with zero attached hydrogens (tertiary/aromatic N) is 3. The fourth-order valence-corrected chi connectivity index (χ4v) is 10.6. The smallest absolute Gasteiger partial charge is 0.333 e. The van der Waals surface area contributed by atoms with Crippen molar-refractivity contribution in [1.29, 1.82) is 0 Å². The first-order valence-corrected chi connectivity index (χ1v) is 20.6. The molecule has 4 aliphatic heterocycles. The first-order chi connectivity index (χ1) is 29.3. The Kier molecular flexibility index (Phi) is 6.90. The van der Waals surface area contributed by atoms with Gasteiger partial charge in [0.1, 0.15) is 0 Å². The summed E-state index contributed by atoms with van der Waals surface area (Å²) in [6.07, 6.45) is 0. The quantitative estimate of drug-likeness (QED) is 0.166. The van der Waals surface area contributed by atoms with Crippen LogP contribution < -0.4 is 41.9 Å². The second-order valence-corrected chi connectivity index (χ2v) is 16.0. The third kappa shape index (κ3) is 4.61. The molecule has 0 atom stereocenters. The molecule has 272 valence electrons. The lowest BCUT2D eigenvalue weighted by Gasteiger charge is -2.51. The van der Waals surface area contributed by atoms with Crippen molar-refractivity contribution in [2.75, 3.05) is 14.6 Å². The van der Waals surface area contributed by atoms with Crippen LogP contribution in [0.4, 0.5) is 45.5 Å². The van der Waals surface area contributed by atoms with Crippen LogP contribution in [0.2, 0.25) is 0 Å². The highest BCUT2D eigenvalue weighted by Gasteiger charge is 2.52. The first kappa shape index (κ1) is 32.6. The molecule has 0 spiro atoms. The Balaban J connectivity index is 1.20. The Morgan fingerprint density at radius 1 is 0.305 bits per heavy atom. The molecule has 0 aliphatic carbocycles. The predicted octanol–water partition coefficient (Wildman–Crippen LogP) is 10.3. The monoisotopic (exact) mass is 747 g/mol. The van der Waals surface area contributed by atoms with E-state index < -0.39 is 0 Å². The van der Waals surface area contributed by atoms with E-state index in [1.807, 2.05) is 0 Å². The SMILES string of the molecule is c1ccc(-c2ccc3c(c2)B2c4cc(-c5ccccc5)ccc4N4c5ccccc5B5c6c(cc(c2c64)N3c2ccccc2)-c2ccccc2N5c2ccccc2)cc1. The average molecular weight is 748 g/mol. The van der Waals surface area contributed by atoms with E-state index in [9.17, 15) is 0 Å². The summed E-state index contributed by atoms with van der Waals surface area (Å²) >= 11 is 0. The molecule has 0 radical (unpaired) electrons. The maximum atomic E-state index is 2.62. The molecule has 59 heavy (non-hydrogen) atoms. The van der Waals surface area contributed by atoms with Crippen molar-refractivity contribution in [3.05, 3.63) is 212 Å². The van der Waals surface area contributed by atoms with Crippen molar-refractivity contribution in [2.45, 2.75) is 0 Å². The van der Waals surface area contributed by atoms with Gasteiger partial charge >= 0.3 is 6.85 Å². The molecule has 5 heteroatoms. The van der Waals surface area contributed by atoms with Crippen LogP contribution >= 0.6 is 0 Å². The number of hydrogen-bond acceptors (Lipinski definition) is 3. The van der Waals surface area contributed by atoms with E-state index in [2.05, 4.69) is 227 Å². The van der Waals surface area contributed by atoms with Crippen LogP contribution in [0.15, 0.2) is 212 Å². The van der Waals surface area contributed by atoms with Gasteiger partial charge in [-0.2, -0.15) is 0 Å². The molecule has 0 amide bonds. The van der Waals surface area contributed by atoms with Gasteiger partial charge < -0.3 is 14.6 Å². The van der Waals surface area contributed by atoms with E-state index in [1.165, 1.54) is 101 Å². The summed E-state index contributed by atoms with van der Waals surface area (Å²) in [4.78, 5) is 7.76. The van der Waals surface area contributed by atoms with Gasteiger partial charge in [-0.05, 0) is 110 Å². The Morgan fingerprint density at radius 3 is 1.46 bits per heavy atom. The van der Waals surface area contributed by atoms with Gasteiger partial charge in [0.2, 0.25) is 0 Å². The van der Waals surface area contributed by atoms with Gasteiger partial charge in [-0.15, -0.1) is 0 Å². The van der Waals surface area contributed by atoms with Gasteiger partial charge in [-0.25, -0.2) is 0 Å². The minimum atomic E-state index is -0.0388. The van der Waals surface area contributed by atoms with Gasteiger partial charge in [0.05, 0.1) is 0 Å². The van der Waals surface area contributed by atoms with Crippen molar-refractivity contribution in [1.82, 2.24) is 0 Å². The van der Waals surface area contributed by atoms with Crippen LogP contribution in [-0.2, 0) is 0 Å². The van der Waals surface area contributed by atoms with Gasteiger partial charge in [-0.3, -0.25) is 0 Å². The van der Waals surface area contributed by atoms with Crippen LogP contribution in [0.25, 0.3) is 33.4 Å². The molecule has 3 nitrogen and oxygen atoms in total. The van der Waals surface area contributed by atoms with E-state index in [0.29, 0.717) is 0 Å². The summed E-state index contributed by atoms with van der Waals surface area (Å²) in [5.41, 5.74) is 23.9. The minimum absolute atomic E-state index is 0.0212. The van der Waals surface area contributed by atoms with Crippen LogP contribution in [0, 0.1) is 0 Å². The summed E-state index contributed by atoms with van der Waals surface area (Å²) in [6, 6.07) is 78.7. The van der Waals surface area contributed by atoms with Crippen molar-refractivity contribution in [3.8, 4) is 33.4 Å². The number of anilines is 8. The summed E-state index contributed by atoms with van der Waals surface area (Å²) < 4.78 is 0. The molecule has 4 aliphatic rings. The third-order valence-corrected chi connectivity index (χ3v) is 13.0. The molecule has 9 aromatic rings. The number of hydrogen-bond donors (Lipinski definition) is 0. The topological polar surface area (TPSA) is 9.72 Å². The molecule has 4 heterocycles. The zero-order chi connectivity index (χ0) is 38.6. The zero-order valence-electron chi connectivity index (χ0n) is 32.2. The van der Waals surface area contributed by atoms with Crippen LogP contribution in [0.3, 0.4) is 0 Å². The van der Waals surface area contributed by atoms with Gasteiger partial charge in [-0.1, -0.05) is 158 Å². The third-order valence-electron chi connectivity index (χ3n) is 13.0. The Bertz CT molecular complexity index is 3080. The molecule has 9 aromatic carbocycles. The predicted molar refractivity (Wildman–Crippen MR) is 250 cm³/mol. The zero-order valence-corrected chi connectivity index (χ0v) is 32.2. The van der Waals surface area contributed by atoms with Crippen LogP contribution in [-0.4, -0.2) is 13.6 Å². The highest BCUT2D eigenvalue weighted by atomic mass is 15.2. The second-order valence-electron chi connectivity index (χ2n) is 16.0. The van der Waals surface area contributed by atoms with E-state index >= 15 is 0 Å². The molecule has 0 unspecified atom stereocenters. The number of para-hydroxylation sites is 4. The second kappa shape index (κ2) is 12.5. The van der Waals surface area contributed by atoms with E-state index in [4.69, 9.17) is 0 Å². The average Bonchev–Trinajstić information content (AvgIpc) is 3.32. The molecule has 0 aromatic heterocycles. The fourth-order valence-electron chi connectivity index (χ4n) is 10.6. The standard InChI is InChI=1S/C54H35B2N3/c1-5-17-36(18-6-1)38-29-31-49-45(33-38)55-46-34-39(37-19-7-2-8-20-37)30-32-50(46)58-48-28-16-14-26-44(48)56-52-43(35-51(53(55)54(52)58)57(49)40-21-9-3-10-22-40)42-25-13-15-27-47(42)59(56)41-23-11-4-12-24-41/h1-35H. The summed E-state index contributed by atoms with van der Waals surface area (Å²) in [5.74, 6) is 0. The van der Waals surface area contributed by atoms with E-state index in [0.717, 1.165) is 5.69 Å². The molecule has 0 saturated heterocycles. The Morgan fingerprint density at radius 2 is 0.814 bits per heavy atom. The van der Waals surface area contributed by atoms with Crippen molar-refractivity contribution >= 4 is 86.4 Å². The van der Waals surface area contributed by atoms with Gasteiger partial charge in [0.15, 0.2) is 0 Å². The maximum absolute atomic E-state index is 2.62. The molecule has 0 bridgehead atoms. The van der Waals surface area contributed by atoms with Crippen LogP contribution in [0.5, 0.6) is 0 Å². The largest absolute Gasteiger partial charge is 0.376 e. The van der Waals surface area contributed by atoms with Crippen molar-refractivity contribution in [3.63, 3.8) is 0 Å². The molecular formula is C54H35B2N3. The van der Waals surface area contributed by atoms with E-state index in [1.54, 1.807) is 0 Å². The normalized spacial score (nSPS) is 13.6. The number of rotatable bonds is 4. The molecular weight excluding hydrogens is 712 g/mol. The lowest BCUT2D eigenvalue weighted by atomic mass is 9.31. The molecule has 13 rings (SSSR count). The number of benzene rings is 9. The number of fused-ring (bicyclic) bond motifs is 10. The van der Waals surface area contributed by atoms with Gasteiger partial charge in [0.25, 0.3) is 6.71 Å².